The van der Waals surface area contributed by atoms with Crippen molar-refractivity contribution in [1.29, 1.82) is 0 Å². The number of aliphatic carboxylic acids is 1. The van der Waals surface area contributed by atoms with Crippen molar-refractivity contribution in [2.75, 3.05) is 26.3 Å². The van der Waals surface area contributed by atoms with E-state index in [0.717, 1.165) is 6.42 Å². The fraction of sp³-hybridized carbons (Fsp3) is 0.818. The van der Waals surface area contributed by atoms with E-state index in [9.17, 15) is 14.7 Å². The lowest BCUT2D eigenvalue weighted by atomic mass is 9.67. The van der Waals surface area contributed by atoms with Crippen molar-refractivity contribution in [1.82, 2.24) is 4.90 Å². The van der Waals surface area contributed by atoms with Gasteiger partial charge in [0.1, 0.15) is 5.41 Å². The van der Waals surface area contributed by atoms with E-state index in [1.54, 1.807) is 0 Å². The van der Waals surface area contributed by atoms with Crippen molar-refractivity contribution in [2.45, 2.75) is 25.4 Å². The zero-order chi connectivity index (χ0) is 12.5. The second-order valence-corrected chi connectivity index (χ2v) is 4.67. The quantitative estimate of drug-likeness (QED) is 0.650. The van der Waals surface area contributed by atoms with Crippen LogP contribution in [0.5, 0.6) is 0 Å². The molecule has 1 amide bonds. The third kappa shape index (κ3) is 2.02. The van der Waals surface area contributed by atoms with Crippen LogP contribution in [0.2, 0.25) is 0 Å². The summed E-state index contributed by atoms with van der Waals surface area (Å²) in [5.41, 5.74) is -1.21. The lowest BCUT2D eigenvalue weighted by Gasteiger charge is -2.42. The van der Waals surface area contributed by atoms with E-state index in [1.165, 1.54) is 4.90 Å². The SMILES string of the molecule is O=C(O)C1(C(=O)N2CCOC(CO)C2)CCC1. The summed E-state index contributed by atoms with van der Waals surface area (Å²) in [6.45, 7) is 0.894. The summed E-state index contributed by atoms with van der Waals surface area (Å²) in [4.78, 5) is 24.9. The molecule has 1 unspecified atom stereocenters. The van der Waals surface area contributed by atoms with Gasteiger partial charge >= 0.3 is 5.97 Å². The Labute approximate surface area is 99.2 Å². The fourth-order valence-corrected chi connectivity index (χ4v) is 2.37. The fourth-order valence-electron chi connectivity index (χ4n) is 2.37. The average molecular weight is 243 g/mol. The average Bonchev–Trinajstić information content (AvgIpc) is 2.27. The van der Waals surface area contributed by atoms with Crippen LogP contribution < -0.4 is 0 Å². The Morgan fingerprint density at radius 2 is 2.12 bits per heavy atom. The molecule has 0 radical (unpaired) electrons. The van der Waals surface area contributed by atoms with Gasteiger partial charge in [-0.05, 0) is 12.8 Å². The van der Waals surface area contributed by atoms with Crippen LogP contribution >= 0.6 is 0 Å². The first-order chi connectivity index (χ1) is 8.10. The molecule has 0 aromatic heterocycles. The van der Waals surface area contributed by atoms with Gasteiger partial charge in [-0.3, -0.25) is 9.59 Å². The maximum atomic E-state index is 12.2. The number of aliphatic hydroxyl groups is 1. The van der Waals surface area contributed by atoms with Gasteiger partial charge < -0.3 is 19.8 Å². The number of nitrogens with zero attached hydrogens (tertiary/aromatic N) is 1. The first-order valence-corrected chi connectivity index (χ1v) is 5.85. The first-order valence-electron chi connectivity index (χ1n) is 5.85. The van der Waals surface area contributed by atoms with E-state index < -0.39 is 17.5 Å². The monoisotopic (exact) mass is 243 g/mol. The molecule has 1 aliphatic heterocycles. The minimum absolute atomic E-state index is 0.149. The van der Waals surface area contributed by atoms with Gasteiger partial charge in [0, 0.05) is 13.1 Å². The Hall–Kier alpha value is -1.14. The lowest BCUT2D eigenvalue weighted by molar-refractivity contribution is -0.171. The molecule has 1 saturated carbocycles. The Bertz CT molecular complexity index is 326. The van der Waals surface area contributed by atoms with Gasteiger partial charge in [0.05, 0.1) is 19.3 Å². The largest absolute Gasteiger partial charge is 0.480 e. The number of hydrogen-bond acceptors (Lipinski definition) is 4. The number of morpholine rings is 1. The zero-order valence-corrected chi connectivity index (χ0v) is 9.59. The van der Waals surface area contributed by atoms with Crippen LogP contribution in [0.4, 0.5) is 0 Å². The number of amides is 1. The molecule has 2 fully saturated rings. The number of carbonyl (C=O) groups is 2. The maximum absolute atomic E-state index is 12.2. The van der Waals surface area contributed by atoms with Gasteiger partial charge in [-0.2, -0.15) is 0 Å². The Balaban J connectivity index is 2.06. The highest BCUT2D eigenvalue weighted by atomic mass is 16.5. The van der Waals surface area contributed by atoms with E-state index in [2.05, 4.69) is 0 Å². The third-order valence-corrected chi connectivity index (χ3v) is 3.66. The van der Waals surface area contributed by atoms with Crippen LogP contribution in [0, 0.1) is 5.41 Å². The van der Waals surface area contributed by atoms with Crippen LogP contribution in [0.25, 0.3) is 0 Å². The molecule has 2 rings (SSSR count). The molecule has 6 nitrogen and oxygen atoms in total. The molecule has 17 heavy (non-hydrogen) atoms. The Morgan fingerprint density at radius 1 is 1.41 bits per heavy atom. The maximum Gasteiger partial charge on any atom is 0.319 e. The Kier molecular flexibility index (Phi) is 3.35. The summed E-state index contributed by atoms with van der Waals surface area (Å²) in [6, 6.07) is 0. The molecule has 2 aliphatic rings. The van der Waals surface area contributed by atoms with E-state index in [4.69, 9.17) is 9.84 Å². The van der Waals surface area contributed by atoms with E-state index in [-0.39, 0.29) is 19.1 Å². The van der Waals surface area contributed by atoms with Crippen LogP contribution in [0.15, 0.2) is 0 Å². The number of rotatable bonds is 3. The summed E-state index contributed by atoms with van der Waals surface area (Å²) in [7, 11) is 0. The molecule has 1 aliphatic carbocycles. The minimum Gasteiger partial charge on any atom is -0.480 e. The van der Waals surface area contributed by atoms with Crippen molar-refractivity contribution >= 4 is 11.9 Å². The third-order valence-electron chi connectivity index (χ3n) is 3.66. The van der Waals surface area contributed by atoms with Crippen LogP contribution in [-0.2, 0) is 14.3 Å². The lowest BCUT2D eigenvalue weighted by Crippen LogP contribution is -2.57. The topological polar surface area (TPSA) is 87.1 Å². The summed E-state index contributed by atoms with van der Waals surface area (Å²) in [5, 5.41) is 18.2. The molecular weight excluding hydrogens is 226 g/mol. The number of carboxylic acids is 1. The van der Waals surface area contributed by atoms with Crippen molar-refractivity contribution in [3.05, 3.63) is 0 Å². The number of carboxylic acid groups (broad SMARTS) is 1. The summed E-state index contributed by atoms with van der Waals surface area (Å²) < 4.78 is 5.24. The molecule has 1 heterocycles. The van der Waals surface area contributed by atoms with Crippen molar-refractivity contribution in [2.24, 2.45) is 5.41 Å². The van der Waals surface area contributed by atoms with E-state index in [0.29, 0.717) is 26.0 Å². The molecule has 0 aromatic rings. The Morgan fingerprint density at radius 3 is 2.59 bits per heavy atom. The van der Waals surface area contributed by atoms with Gasteiger partial charge in [0.15, 0.2) is 0 Å². The van der Waals surface area contributed by atoms with Gasteiger partial charge in [-0.1, -0.05) is 6.42 Å². The van der Waals surface area contributed by atoms with Gasteiger partial charge in [-0.15, -0.1) is 0 Å². The second-order valence-electron chi connectivity index (χ2n) is 4.67. The number of carbonyl (C=O) groups excluding carboxylic acids is 1. The summed E-state index contributed by atoms with van der Waals surface area (Å²) in [5.74, 6) is -1.35. The summed E-state index contributed by atoms with van der Waals surface area (Å²) in [6.07, 6.45) is 1.23. The standard InChI is InChI=1S/C11H17NO5/c13-7-8-6-12(4-5-17-8)9(14)11(10(15)16)2-1-3-11/h8,13H,1-7H2,(H,15,16). The van der Waals surface area contributed by atoms with Gasteiger partial charge in [0.2, 0.25) is 5.91 Å². The molecule has 0 spiro atoms. The molecule has 6 heteroatoms. The minimum atomic E-state index is -1.21. The van der Waals surface area contributed by atoms with Crippen LogP contribution in [0.1, 0.15) is 19.3 Å². The molecule has 0 bridgehead atoms. The van der Waals surface area contributed by atoms with Crippen LogP contribution in [0.3, 0.4) is 0 Å². The second kappa shape index (κ2) is 4.62. The normalized spacial score (nSPS) is 27.4. The van der Waals surface area contributed by atoms with Gasteiger partial charge in [0.25, 0.3) is 0 Å². The predicted octanol–water partition coefficient (Wildman–Crippen LogP) is -0.539. The van der Waals surface area contributed by atoms with Crippen molar-refractivity contribution < 1.29 is 24.5 Å². The van der Waals surface area contributed by atoms with Crippen LogP contribution in [-0.4, -0.2) is 59.4 Å². The summed E-state index contributed by atoms with van der Waals surface area (Å²) >= 11 is 0. The first kappa shape index (κ1) is 12.3. The molecule has 0 aromatic carbocycles. The van der Waals surface area contributed by atoms with Gasteiger partial charge in [-0.25, -0.2) is 0 Å². The smallest absolute Gasteiger partial charge is 0.319 e. The molecule has 2 N–H and O–H groups in total. The zero-order valence-electron chi connectivity index (χ0n) is 9.59. The highest BCUT2D eigenvalue weighted by Crippen LogP contribution is 2.43. The molecular formula is C11H17NO5. The number of ether oxygens (including phenoxy) is 1. The predicted molar refractivity (Wildman–Crippen MR) is 57.3 cm³/mol. The van der Waals surface area contributed by atoms with Crippen molar-refractivity contribution in [3.8, 4) is 0 Å². The molecule has 1 atom stereocenters. The van der Waals surface area contributed by atoms with Crippen molar-refractivity contribution in [3.63, 3.8) is 0 Å². The van der Waals surface area contributed by atoms with E-state index >= 15 is 0 Å². The number of hydrogen-bond donors (Lipinski definition) is 2. The molecule has 1 saturated heterocycles. The molecule has 96 valence electrons. The number of aliphatic hydroxyl groups excluding tert-OH is 1. The highest BCUT2D eigenvalue weighted by Gasteiger charge is 2.53. The highest BCUT2D eigenvalue weighted by molar-refractivity contribution is 6.02. The van der Waals surface area contributed by atoms with E-state index in [1.807, 2.05) is 0 Å².